The van der Waals surface area contributed by atoms with Gasteiger partial charge in [0.2, 0.25) is 0 Å². The van der Waals surface area contributed by atoms with Crippen LogP contribution in [0.4, 0.5) is 5.69 Å². The fourth-order valence-corrected chi connectivity index (χ4v) is 3.39. The number of anilines is 1. The highest BCUT2D eigenvalue weighted by molar-refractivity contribution is 6.33. The van der Waals surface area contributed by atoms with Crippen molar-refractivity contribution in [1.82, 2.24) is 9.78 Å². The second-order valence-corrected chi connectivity index (χ2v) is 7.35. The van der Waals surface area contributed by atoms with Crippen LogP contribution in [0.5, 0.6) is 5.75 Å². The molecular formula is C22H21Cl2N3O4. The summed E-state index contributed by atoms with van der Waals surface area (Å²) < 4.78 is 12.0. The first-order chi connectivity index (χ1) is 14.9. The third kappa shape index (κ3) is 5.77. The predicted octanol–water partition coefficient (Wildman–Crippen LogP) is 4.74. The van der Waals surface area contributed by atoms with E-state index in [1.165, 1.54) is 4.68 Å². The first-order valence-corrected chi connectivity index (χ1v) is 10.3. The average Bonchev–Trinajstić information content (AvgIpc) is 3.02. The molecule has 1 amide bonds. The molecule has 0 atom stereocenters. The fourth-order valence-electron chi connectivity index (χ4n) is 2.88. The summed E-state index contributed by atoms with van der Waals surface area (Å²) in [5.74, 6) is -0.504. The third-order valence-electron chi connectivity index (χ3n) is 4.33. The summed E-state index contributed by atoms with van der Waals surface area (Å²) >= 11 is 12.5. The van der Waals surface area contributed by atoms with E-state index in [-0.39, 0.29) is 10.7 Å². The molecule has 0 radical (unpaired) electrons. The van der Waals surface area contributed by atoms with Crippen LogP contribution in [0.25, 0.3) is 0 Å². The summed E-state index contributed by atoms with van der Waals surface area (Å²) in [6.45, 7) is 3.92. The van der Waals surface area contributed by atoms with E-state index < -0.39 is 18.5 Å². The van der Waals surface area contributed by atoms with Crippen LogP contribution in [0.15, 0.2) is 48.5 Å². The molecule has 162 valence electrons. The molecular weight excluding hydrogens is 441 g/mol. The largest absolute Gasteiger partial charge is 0.494 e. The van der Waals surface area contributed by atoms with E-state index >= 15 is 0 Å². The number of hydrogen-bond donors (Lipinski definition) is 1. The van der Waals surface area contributed by atoms with Gasteiger partial charge in [0, 0.05) is 10.7 Å². The predicted molar refractivity (Wildman–Crippen MR) is 119 cm³/mol. The molecule has 2 aromatic carbocycles. The topological polar surface area (TPSA) is 82.4 Å². The molecule has 0 spiro atoms. The number of esters is 1. The van der Waals surface area contributed by atoms with Crippen LogP contribution in [0.3, 0.4) is 0 Å². The maximum Gasteiger partial charge on any atom is 0.343 e. The van der Waals surface area contributed by atoms with Crippen molar-refractivity contribution in [3.8, 4) is 5.75 Å². The van der Waals surface area contributed by atoms with Gasteiger partial charge in [-0.05, 0) is 49.7 Å². The van der Waals surface area contributed by atoms with Crippen LogP contribution < -0.4 is 10.1 Å². The first-order valence-electron chi connectivity index (χ1n) is 9.55. The van der Waals surface area contributed by atoms with E-state index in [1.807, 2.05) is 25.1 Å². The van der Waals surface area contributed by atoms with Gasteiger partial charge < -0.3 is 14.8 Å². The monoisotopic (exact) mass is 461 g/mol. The molecule has 1 aromatic heterocycles. The standard InChI is InChI=1S/C22H21Cl2N3O4/c1-3-30-17-10-8-16(9-11-17)25-19(28)13-31-22(29)20-14(2)26-27(21(20)24)12-15-6-4-5-7-18(15)23/h4-11H,3,12-13H2,1-2H3,(H,25,28). The van der Waals surface area contributed by atoms with Gasteiger partial charge in [-0.25, -0.2) is 9.48 Å². The summed E-state index contributed by atoms with van der Waals surface area (Å²) in [5.41, 5.74) is 1.88. The van der Waals surface area contributed by atoms with Gasteiger partial charge in [0.15, 0.2) is 6.61 Å². The fraction of sp³-hybridized carbons (Fsp3) is 0.227. The zero-order chi connectivity index (χ0) is 22.4. The Morgan fingerprint density at radius 2 is 1.81 bits per heavy atom. The number of ether oxygens (including phenoxy) is 2. The van der Waals surface area contributed by atoms with E-state index in [2.05, 4.69) is 10.4 Å². The molecule has 1 heterocycles. The Hall–Kier alpha value is -3.03. The summed E-state index contributed by atoms with van der Waals surface area (Å²) in [6.07, 6.45) is 0. The smallest absolute Gasteiger partial charge is 0.343 e. The highest BCUT2D eigenvalue weighted by Crippen LogP contribution is 2.24. The maximum atomic E-state index is 12.5. The molecule has 9 heteroatoms. The van der Waals surface area contributed by atoms with Crippen molar-refractivity contribution in [3.63, 3.8) is 0 Å². The normalized spacial score (nSPS) is 10.6. The van der Waals surface area contributed by atoms with Crippen molar-refractivity contribution in [2.24, 2.45) is 0 Å². The number of halogens is 2. The SMILES string of the molecule is CCOc1ccc(NC(=O)COC(=O)c2c(C)nn(Cc3ccccc3Cl)c2Cl)cc1. The number of hydrogen-bond acceptors (Lipinski definition) is 5. The maximum absolute atomic E-state index is 12.5. The molecule has 0 aliphatic rings. The van der Waals surface area contributed by atoms with E-state index in [0.717, 1.165) is 5.56 Å². The number of benzene rings is 2. The molecule has 0 saturated carbocycles. The molecule has 3 aromatic rings. The zero-order valence-corrected chi connectivity index (χ0v) is 18.5. The van der Waals surface area contributed by atoms with Gasteiger partial charge >= 0.3 is 5.97 Å². The Kier molecular flexibility index (Phi) is 7.55. The van der Waals surface area contributed by atoms with Crippen LogP contribution in [-0.2, 0) is 16.1 Å². The van der Waals surface area contributed by atoms with E-state index in [9.17, 15) is 9.59 Å². The van der Waals surface area contributed by atoms with Crippen molar-refractivity contribution >= 4 is 40.8 Å². The van der Waals surface area contributed by atoms with E-state index in [1.54, 1.807) is 37.3 Å². The molecule has 7 nitrogen and oxygen atoms in total. The number of rotatable bonds is 8. The second-order valence-electron chi connectivity index (χ2n) is 6.58. The minimum absolute atomic E-state index is 0.114. The number of carbonyl (C=O) groups is 2. The number of aromatic nitrogens is 2. The summed E-state index contributed by atoms with van der Waals surface area (Å²) in [7, 11) is 0. The molecule has 0 fully saturated rings. The van der Waals surface area contributed by atoms with Gasteiger partial charge in [-0.15, -0.1) is 0 Å². The van der Waals surface area contributed by atoms with Gasteiger partial charge in [-0.1, -0.05) is 41.4 Å². The Morgan fingerprint density at radius 3 is 2.48 bits per heavy atom. The molecule has 0 saturated heterocycles. The Morgan fingerprint density at radius 1 is 1.10 bits per heavy atom. The van der Waals surface area contributed by atoms with Crippen molar-refractivity contribution in [2.75, 3.05) is 18.5 Å². The van der Waals surface area contributed by atoms with Crippen molar-refractivity contribution in [1.29, 1.82) is 0 Å². The van der Waals surface area contributed by atoms with Crippen LogP contribution in [0.2, 0.25) is 10.2 Å². The van der Waals surface area contributed by atoms with Gasteiger partial charge in [0.1, 0.15) is 16.5 Å². The quantitative estimate of drug-likeness (QED) is 0.489. The minimum atomic E-state index is -0.727. The highest BCUT2D eigenvalue weighted by atomic mass is 35.5. The number of nitrogens with zero attached hydrogens (tertiary/aromatic N) is 2. The minimum Gasteiger partial charge on any atom is -0.494 e. The summed E-state index contributed by atoms with van der Waals surface area (Å²) in [4.78, 5) is 24.6. The van der Waals surface area contributed by atoms with Gasteiger partial charge in [-0.3, -0.25) is 4.79 Å². The molecule has 0 bridgehead atoms. The van der Waals surface area contributed by atoms with E-state index in [0.29, 0.717) is 35.3 Å². The number of carbonyl (C=O) groups excluding carboxylic acids is 2. The van der Waals surface area contributed by atoms with E-state index in [4.69, 9.17) is 32.7 Å². The summed E-state index contributed by atoms with van der Waals surface area (Å²) in [6, 6.07) is 14.2. The van der Waals surface area contributed by atoms with Crippen LogP contribution in [0, 0.1) is 6.92 Å². The number of nitrogens with one attached hydrogen (secondary N) is 1. The molecule has 1 N–H and O–H groups in total. The number of aryl methyl sites for hydroxylation is 1. The highest BCUT2D eigenvalue weighted by Gasteiger charge is 2.23. The van der Waals surface area contributed by atoms with Gasteiger partial charge in [-0.2, -0.15) is 5.10 Å². The Labute approximate surface area is 189 Å². The lowest BCUT2D eigenvalue weighted by molar-refractivity contribution is -0.119. The molecule has 0 aliphatic carbocycles. The molecule has 3 rings (SSSR count). The lowest BCUT2D eigenvalue weighted by atomic mass is 10.2. The molecule has 0 aliphatic heterocycles. The summed E-state index contributed by atoms with van der Waals surface area (Å²) in [5, 5.41) is 7.64. The van der Waals surface area contributed by atoms with Gasteiger partial charge in [0.05, 0.1) is 18.8 Å². The van der Waals surface area contributed by atoms with Crippen molar-refractivity contribution < 1.29 is 19.1 Å². The Bertz CT molecular complexity index is 1080. The number of amides is 1. The van der Waals surface area contributed by atoms with Crippen LogP contribution in [0.1, 0.15) is 28.5 Å². The first kappa shape index (κ1) is 22.7. The molecule has 0 unspecified atom stereocenters. The molecule has 31 heavy (non-hydrogen) atoms. The lowest BCUT2D eigenvalue weighted by Crippen LogP contribution is -2.21. The van der Waals surface area contributed by atoms with Crippen LogP contribution in [-0.4, -0.2) is 34.9 Å². The van der Waals surface area contributed by atoms with Gasteiger partial charge in [0.25, 0.3) is 5.91 Å². The van der Waals surface area contributed by atoms with Crippen molar-refractivity contribution in [3.05, 3.63) is 75.5 Å². The lowest BCUT2D eigenvalue weighted by Gasteiger charge is -2.08. The zero-order valence-electron chi connectivity index (χ0n) is 17.0. The second kappa shape index (κ2) is 10.3. The average molecular weight is 462 g/mol. The Balaban J connectivity index is 1.60. The van der Waals surface area contributed by atoms with Crippen LogP contribution >= 0.6 is 23.2 Å². The van der Waals surface area contributed by atoms with Crippen molar-refractivity contribution in [2.45, 2.75) is 20.4 Å². The third-order valence-corrected chi connectivity index (χ3v) is 5.08.